The molecular weight excluding hydrogens is 352 g/mol. The first-order chi connectivity index (χ1) is 10.0. The number of aliphatic hydroxyl groups excluding tert-OH is 1. The van der Waals surface area contributed by atoms with Gasteiger partial charge in [0.05, 0.1) is 6.61 Å². The molecule has 2 atom stereocenters. The molecule has 0 spiro atoms. The third-order valence-corrected chi connectivity index (χ3v) is 3.04. The number of hydrogen-bond acceptors (Lipinski definition) is 8. The second-order valence-corrected chi connectivity index (χ2v) is 4.53. The van der Waals surface area contributed by atoms with Crippen LogP contribution in [0.5, 0.6) is 0 Å². The van der Waals surface area contributed by atoms with Crippen molar-refractivity contribution in [2.24, 2.45) is 0 Å². The van der Waals surface area contributed by atoms with Gasteiger partial charge >= 0.3 is 11.9 Å². The summed E-state index contributed by atoms with van der Waals surface area (Å²) in [5.74, 6) is -1.69. The Morgan fingerprint density at radius 2 is 2.19 bits per heavy atom. The van der Waals surface area contributed by atoms with Crippen LogP contribution in [0.4, 0.5) is 0 Å². The number of rotatable bonds is 9. The molecule has 1 N–H and O–H groups in total. The van der Waals surface area contributed by atoms with Crippen molar-refractivity contribution in [1.82, 2.24) is 0 Å². The predicted octanol–water partition coefficient (Wildman–Crippen LogP) is 0.0794. The lowest BCUT2D eigenvalue weighted by atomic mass is 10.2. The minimum Gasteiger partial charge on any atom is -0.478 e. The van der Waals surface area contributed by atoms with Crippen LogP contribution in [0.25, 0.3) is 0 Å². The first-order valence-corrected chi connectivity index (χ1v) is 7.26. The van der Waals surface area contributed by atoms with E-state index in [9.17, 15) is 14.7 Å². The monoisotopic (exact) mass is 368 g/mol. The SMILES string of the molecule is CCOC(=O)COC1=C(OCOC)C(=O)O[C@@H]1[C@@H](O)CBr. The molecule has 0 aromatic rings. The van der Waals surface area contributed by atoms with Crippen LogP contribution >= 0.6 is 15.9 Å². The molecule has 1 aliphatic heterocycles. The third kappa shape index (κ3) is 4.87. The van der Waals surface area contributed by atoms with E-state index in [0.29, 0.717) is 0 Å². The highest BCUT2D eigenvalue weighted by molar-refractivity contribution is 9.09. The average Bonchev–Trinajstić information content (AvgIpc) is 2.78. The van der Waals surface area contributed by atoms with E-state index in [1.165, 1.54) is 7.11 Å². The van der Waals surface area contributed by atoms with E-state index >= 15 is 0 Å². The molecule has 21 heavy (non-hydrogen) atoms. The van der Waals surface area contributed by atoms with E-state index in [2.05, 4.69) is 15.9 Å². The van der Waals surface area contributed by atoms with Crippen LogP contribution in [0.2, 0.25) is 0 Å². The summed E-state index contributed by atoms with van der Waals surface area (Å²) in [5.41, 5.74) is 0. The number of carbonyl (C=O) groups is 2. The van der Waals surface area contributed by atoms with E-state index in [-0.39, 0.29) is 30.2 Å². The Labute approximate surface area is 130 Å². The van der Waals surface area contributed by atoms with Gasteiger partial charge in [-0.3, -0.25) is 0 Å². The molecule has 0 aliphatic carbocycles. The van der Waals surface area contributed by atoms with Crippen LogP contribution in [0, 0.1) is 0 Å². The van der Waals surface area contributed by atoms with Gasteiger partial charge in [-0.05, 0) is 6.92 Å². The summed E-state index contributed by atoms with van der Waals surface area (Å²) in [4.78, 5) is 23.0. The molecule has 1 aliphatic rings. The Morgan fingerprint density at radius 3 is 2.76 bits per heavy atom. The highest BCUT2D eigenvalue weighted by Crippen LogP contribution is 2.27. The maximum absolute atomic E-state index is 11.7. The van der Waals surface area contributed by atoms with Crippen molar-refractivity contribution < 1.29 is 38.4 Å². The molecule has 0 saturated carbocycles. The molecule has 1 rings (SSSR count). The van der Waals surface area contributed by atoms with Crippen molar-refractivity contribution in [3.8, 4) is 0 Å². The van der Waals surface area contributed by atoms with Gasteiger partial charge in [0, 0.05) is 12.4 Å². The van der Waals surface area contributed by atoms with Gasteiger partial charge in [-0.15, -0.1) is 0 Å². The molecule has 120 valence electrons. The van der Waals surface area contributed by atoms with Crippen LogP contribution in [-0.4, -0.2) is 61.7 Å². The number of carbonyl (C=O) groups excluding carboxylic acids is 2. The number of methoxy groups -OCH3 is 1. The van der Waals surface area contributed by atoms with Crippen molar-refractivity contribution in [2.75, 3.05) is 32.4 Å². The molecule has 1 heterocycles. The zero-order valence-corrected chi connectivity index (χ0v) is 13.3. The molecular formula is C12H17BrO8. The normalized spacial score (nSPS) is 19.2. The van der Waals surface area contributed by atoms with Crippen LogP contribution in [-0.2, 0) is 33.3 Å². The van der Waals surface area contributed by atoms with E-state index in [0.717, 1.165) is 0 Å². The number of aliphatic hydroxyl groups is 1. The summed E-state index contributed by atoms with van der Waals surface area (Å²) >= 11 is 3.07. The first-order valence-electron chi connectivity index (χ1n) is 6.14. The number of alkyl halides is 1. The van der Waals surface area contributed by atoms with E-state index < -0.39 is 30.8 Å². The molecule has 0 amide bonds. The van der Waals surface area contributed by atoms with Gasteiger partial charge in [0.15, 0.2) is 25.3 Å². The maximum Gasteiger partial charge on any atom is 0.378 e. The highest BCUT2D eigenvalue weighted by atomic mass is 79.9. The number of ether oxygens (including phenoxy) is 5. The Kier molecular flexibility index (Phi) is 7.48. The minimum atomic E-state index is -1.06. The van der Waals surface area contributed by atoms with Gasteiger partial charge in [-0.25, -0.2) is 9.59 Å². The second kappa shape index (κ2) is 8.85. The van der Waals surface area contributed by atoms with Gasteiger partial charge < -0.3 is 28.8 Å². The second-order valence-electron chi connectivity index (χ2n) is 3.89. The third-order valence-electron chi connectivity index (χ3n) is 2.38. The summed E-state index contributed by atoms with van der Waals surface area (Å²) in [6, 6.07) is 0. The van der Waals surface area contributed by atoms with Gasteiger partial charge in [-0.1, -0.05) is 15.9 Å². The van der Waals surface area contributed by atoms with Crippen molar-refractivity contribution in [1.29, 1.82) is 0 Å². The molecule has 8 nitrogen and oxygen atoms in total. The van der Waals surface area contributed by atoms with E-state index in [1.807, 2.05) is 0 Å². The molecule has 0 saturated heterocycles. The molecule has 0 aromatic carbocycles. The van der Waals surface area contributed by atoms with E-state index in [1.54, 1.807) is 6.92 Å². The lowest BCUT2D eigenvalue weighted by Gasteiger charge is -2.18. The summed E-state index contributed by atoms with van der Waals surface area (Å²) in [7, 11) is 1.38. The zero-order chi connectivity index (χ0) is 15.8. The lowest BCUT2D eigenvalue weighted by Crippen LogP contribution is -2.31. The fourth-order valence-corrected chi connectivity index (χ4v) is 1.86. The molecule has 0 fully saturated rings. The smallest absolute Gasteiger partial charge is 0.378 e. The van der Waals surface area contributed by atoms with Crippen LogP contribution in [0.15, 0.2) is 11.5 Å². The summed E-state index contributed by atoms with van der Waals surface area (Å²) in [6.07, 6.45) is -2.10. The molecule has 0 radical (unpaired) electrons. The summed E-state index contributed by atoms with van der Waals surface area (Å²) < 4.78 is 24.7. The lowest BCUT2D eigenvalue weighted by molar-refractivity contribution is -0.149. The van der Waals surface area contributed by atoms with Gasteiger partial charge in [0.25, 0.3) is 0 Å². The Bertz CT molecular complexity index is 408. The highest BCUT2D eigenvalue weighted by Gasteiger charge is 2.42. The number of halogens is 1. The van der Waals surface area contributed by atoms with Gasteiger partial charge in [0.2, 0.25) is 5.76 Å². The number of esters is 2. The fourth-order valence-electron chi connectivity index (χ4n) is 1.52. The Morgan fingerprint density at radius 1 is 1.48 bits per heavy atom. The van der Waals surface area contributed by atoms with Crippen molar-refractivity contribution >= 4 is 27.9 Å². The molecule has 0 aromatic heterocycles. The number of hydrogen-bond donors (Lipinski definition) is 1. The average molecular weight is 369 g/mol. The molecule has 9 heteroatoms. The van der Waals surface area contributed by atoms with Crippen LogP contribution in [0.1, 0.15) is 6.92 Å². The quantitative estimate of drug-likeness (QED) is 0.347. The predicted molar refractivity (Wildman–Crippen MR) is 72.3 cm³/mol. The van der Waals surface area contributed by atoms with Crippen LogP contribution < -0.4 is 0 Å². The van der Waals surface area contributed by atoms with Crippen molar-refractivity contribution in [3.63, 3.8) is 0 Å². The Balaban J connectivity index is 2.85. The Hall–Kier alpha value is -1.32. The van der Waals surface area contributed by atoms with Crippen molar-refractivity contribution in [2.45, 2.75) is 19.1 Å². The van der Waals surface area contributed by atoms with Gasteiger partial charge in [0.1, 0.15) is 6.10 Å². The number of cyclic esters (lactones) is 1. The van der Waals surface area contributed by atoms with Crippen LogP contribution in [0.3, 0.4) is 0 Å². The molecule has 0 unspecified atom stereocenters. The fraction of sp³-hybridized carbons (Fsp3) is 0.667. The van der Waals surface area contributed by atoms with E-state index in [4.69, 9.17) is 23.7 Å². The maximum atomic E-state index is 11.7. The zero-order valence-electron chi connectivity index (χ0n) is 11.7. The largest absolute Gasteiger partial charge is 0.478 e. The topological polar surface area (TPSA) is 101 Å². The standard InChI is InChI=1S/C12H17BrO8/c1-3-18-8(15)5-19-10-9(7(14)4-13)21-12(16)11(10)20-6-17-2/h7,9,14H,3-6H2,1-2H3/t7-,9+/m0/s1. The summed E-state index contributed by atoms with van der Waals surface area (Å²) in [6.45, 7) is 1.24. The van der Waals surface area contributed by atoms with Gasteiger partial charge in [-0.2, -0.15) is 0 Å². The molecule has 0 bridgehead atoms. The minimum absolute atomic E-state index is 0.0583. The first kappa shape index (κ1) is 17.7. The summed E-state index contributed by atoms with van der Waals surface area (Å²) in [5, 5.41) is 9.96. The van der Waals surface area contributed by atoms with Crippen molar-refractivity contribution in [3.05, 3.63) is 11.5 Å².